The third kappa shape index (κ3) is 6.12. The van der Waals surface area contributed by atoms with Crippen LogP contribution in [0.5, 0.6) is 0 Å². The summed E-state index contributed by atoms with van der Waals surface area (Å²) in [5, 5.41) is 0. The molecule has 0 aromatic heterocycles. The number of halogens is 1. The normalized spacial score (nSPS) is 13.3. The number of hydrogen-bond donors (Lipinski definition) is 1. The van der Waals surface area contributed by atoms with Crippen LogP contribution in [0, 0.1) is 5.82 Å². The van der Waals surface area contributed by atoms with Gasteiger partial charge in [0.25, 0.3) is 10.1 Å². The Hall–Kier alpha value is -3.12. The number of allylic oxidation sites excluding steroid dienone is 5. The molecule has 35 heavy (non-hydrogen) atoms. The molecule has 3 aromatic rings. The van der Waals surface area contributed by atoms with Gasteiger partial charge in [-0.1, -0.05) is 12.1 Å². The van der Waals surface area contributed by atoms with Crippen LogP contribution in [0.3, 0.4) is 0 Å². The molecule has 0 amide bonds. The summed E-state index contributed by atoms with van der Waals surface area (Å²) in [7, 11) is -4.26. The summed E-state index contributed by atoms with van der Waals surface area (Å²) in [4.78, 5) is 1.98. The Morgan fingerprint density at radius 3 is 2.23 bits per heavy atom. The van der Waals surface area contributed by atoms with E-state index in [0.29, 0.717) is 13.1 Å². The van der Waals surface area contributed by atoms with Gasteiger partial charge in [-0.25, -0.2) is 0 Å². The Morgan fingerprint density at radius 2 is 1.60 bits per heavy atom. The number of rotatable bonds is 7. The summed E-state index contributed by atoms with van der Waals surface area (Å²) in [5.41, 5.74) is 5.27. The van der Waals surface area contributed by atoms with Gasteiger partial charge in [0.1, 0.15) is 0 Å². The fraction of sp³-hybridized carbons (Fsp3) is 0.107. The van der Waals surface area contributed by atoms with Crippen molar-refractivity contribution in [3.05, 3.63) is 125 Å². The van der Waals surface area contributed by atoms with Crippen molar-refractivity contribution in [3.8, 4) is 0 Å². The zero-order chi connectivity index (χ0) is 25.0. The van der Waals surface area contributed by atoms with Gasteiger partial charge in [-0.3, -0.25) is 4.55 Å². The molecule has 0 spiro atoms. The van der Waals surface area contributed by atoms with E-state index >= 15 is 0 Å². The first kappa shape index (κ1) is 25.0. The maximum absolute atomic E-state index is 14.1. The molecule has 3 aromatic carbocycles. The molecule has 0 unspecified atom stereocenters. The quantitative estimate of drug-likeness (QED) is 0.311. The van der Waals surface area contributed by atoms with Crippen molar-refractivity contribution in [2.45, 2.75) is 18.4 Å². The van der Waals surface area contributed by atoms with Crippen molar-refractivity contribution < 1.29 is 32.4 Å². The molecule has 0 heterocycles. The van der Waals surface area contributed by atoms with E-state index in [1.807, 2.05) is 67.6 Å². The summed E-state index contributed by atoms with van der Waals surface area (Å²) >= 11 is 4.91. The summed E-state index contributed by atoms with van der Waals surface area (Å²) in [6.07, 6.45) is 7.66. The molecule has 7 heteroatoms. The summed E-state index contributed by atoms with van der Waals surface area (Å²) < 4.78 is 47.2. The van der Waals surface area contributed by atoms with E-state index in [1.54, 1.807) is 12.1 Å². The molecule has 4 rings (SSSR count). The minimum atomic E-state index is -4.26. The first-order valence-corrected chi connectivity index (χ1v) is 13.0. The predicted molar refractivity (Wildman–Crippen MR) is 135 cm³/mol. The molecule has 0 saturated carbocycles. The standard InChI is InChI=1S/C28H24FNO3S.Ni/c1-2-30(20-21-8-6-13-27(18-21)34(31,32)33)26-16-14-23(15-17-26)28(22-9-4-3-5-10-22)24-11-7-12-25(29)19-24;/h4-19H,2,20H2,1H3,(H,31,32,33);. The molecule has 0 bridgehead atoms. The van der Waals surface area contributed by atoms with E-state index in [4.69, 9.17) is 15.0 Å². The van der Waals surface area contributed by atoms with Gasteiger partial charge in [-0.05, 0) is 12.1 Å². The van der Waals surface area contributed by atoms with Gasteiger partial charge >= 0.3 is 161 Å². The van der Waals surface area contributed by atoms with Crippen LogP contribution in [-0.4, -0.2) is 24.0 Å². The van der Waals surface area contributed by atoms with Gasteiger partial charge in [0.15, 0.2) is 0 Å². The van der Waals surface area contributed by atoms with Crippen LogP contribution in [0.4, 0.5) is 10.1 Å². The van der Waals surface area contributed by atoms with Crippen LogP contribution in [0.1, 0.15) is 23.6 Å². The van der Waals surface area contributed by atoms with Crippen LogP contribution < -0.4 is 4.90 Å². The Labute approximate surface area is 212 Å². The number of hydrogen-bond acceptors (Lipinski definition) is 3. The first-order valence-electron chi connectivity index (χ1n) is 11.0. The molecule has 0 saturated heterocycles. The van der Waals surface area contributed by atoms with Crippen LogP contribution >= 0.6 is 0 Å². The number of anilines is 1. The van der Waals surface area contributed by atoms with Crippen molar-refractivity contribution in [3.63, 3.8) is 0 Å². The van der Waals surface area contributed by atoms with Gasteiger partial charge in [0, 0.05) is 0 Å². The molecular weight excluding hydrogens is 508 g/mol. The van der Waals surface area contributed by atoms with E-state index in [-0.39, 0.29) is 10.7 Å². The molecule has 4 nitrogen and oxygen atoms in total. The third-order valence-corrected chi connectivity index (χ3v) is 6.88. The Balaban J connectivity index is 1.67. The number of benzene rings is 3. The summed E-state index contributed by atoms with van der Waals surface area (Å²) in [5.74, 6) is -0.303. The molecule has 0 fully saturated rings. The fourth-order valence-electron chi connectivity index (χ4n) is 4.00. The van der Waals surface area contributed by atoms with E-state index in [2.05, 4.69) is 4.90 Å². The molecule has 1 aliphatic carbocycles. The zero-order valence-electron chi connectivity index (χ0n) is 19.0. The van der Waals surface area contributed by atoms with Gasteiger partial charge in [0.05, 0.1) is 4.90 Å². The van der Waals surface area contributed by atoms with Crippen LogP contribution in [0.25, 0.3) is 5.57 Å². The van der Waals surface area contributed by atoms with Crippen LogP contribution in [0.2, 0.25) is 0 Å². The van der Waals surface area contributed by atoms with Crippen molar-refractivity contribution in [2.75, 3.05) is 11.4 Å². The van der Waals surface area contributed by atoms with Crippen molar-refractivity contribution in [1.82, 2.24) is 0 Å². The summed E-state index contributed by atoms with van der Waals surface area (Å²) in [6, 6.07) is 20.8. The molecule has 1 aliphatic rings. The Kier molecular flexibility index (Phi) is 7.61. The van der Waals surface area contributed by atoms with Gasteiger partial charge in [0.2, 0.25) is 0 Å². The van der Waals surface area contributed by atoms with E-state index in [9.17, 15) is 17.4 Å². The van der Waals surface area contributed by atoms with Crippen LogP contribution in [-0.2, 0) is 31.7 Å². The maximum atomic E-state index is 14.1. The second-order valence-corrected chi connectivity index (χ2v) is 10.0. The molecule has 0 atom stereocenters. The third-order valence-electron chi connectivity index (χ3n) is 5.70. The number of nitrogens with zero attached hydrogens (tertiary/aromatic N) is 1. The minimum absolute atomic E-state index is 0.123. The predicted octanol–water partition coefficient (Wildman–Crippen LogP) is 5.75. The van der Waals surface area contributed by atoms with E-state index in [0.717, 1.165) is 38.0 Å². The van der Waals surface area contributed by atoms with Crippen molar-refractivity contribution in [1.29, 1.82) is 0 Å². The Bertz CT molecular complexity index is 1440. The Morgan fingerprint density at radius 1 is 0.914 bits per heavy atom. The second kappa shape index (κ2) is 10.7. The average Bonchev–Trinajstić information content (AvgIpc) is 2.84. The van der Waals surface area contributed by atoms with Crippen LogP contribution in [0.15, 0.2) is 108 Å². The van der Waals surface area contributed by atoms with Crippen molar-refractivity contribution in [2.24, 2.45) is 0 Å². The topological polar surface area (TPSA) is 57.6 Å². The molecule has 0 radical (unpaired) electrons. The fourth-order valence-corrected chi connectivity index (χ4v) is 4.71. The van der Waals surface area contributed by atoms with Crippen molar-refractivity contribution >= 4 is 25.9 Å². The molecule has 1 N–H and O–H groups in total. The monoisotopic (exact) mass is 531 g/mol. The van der Waals surface area contributed by atoms with Gasteiger partial charge in [-0.2, -0.15) is 8.42 Å². The SMILES string of the molecule is CCN(Cc1cccc(S(=O)(=O)O)c1)c1ccc(C(=C2C=C[C](=[Ni])C=C2)c2cccc(F)c2)cc1. The summed E-state index contributed by atoms with van der Waals surface area (Å²) in [6.45, 7) is 3.18. The van der Waals surface area contributed by atoms with Gasteiger partial charge < -0.3 is 0 Å². The molecule has 0 aliphatic heterocycles. The average molecular weight is 532 g/mol. The zero-order valence-corrected chi connectivity index (χ0v) is 20.8. The van der Waals surface area contributed by atoms with Gasteiger partial charge in [-0.15, -0.1) is 0 Å². The molecular formula is C28H24FNNiO3S. The van der Waals surface area contributed by atoms with E-state index < -0.39 is 10.1 Å². The molecule has 182 valence electrons. The second-order valence-electron chi connectivity index (χ2n) is 8.04. The first-order chi connectivity index (χ1) is 16.7. The van der Waals surface area contributed by atoms with E-state index in [1.165, 1.54) is 24.3 Å².